The van der Waals surface area contributed by atoms with Gasteiger partial charge in [0.1, 0.15) is 22.6 Å². The number of carboxylic acids is 2. The molecule has 0 aliphatic heterocycles. The lowest BCUT2D eigenvalue weighted by molar-refractivity contribution is -0.127. The highest BCUT2D eigenvalue weighted by Gasteiger charge is 2.60. The first-order chi connectivity index (χ1) is 25.9. The first kappa shape index (κ1) is 41.4. The van der Waals surface area contributed by atoms with Gasteiger partial charge in [-0.1, -0.05) is 83.2 Å². The van der Waals surface area contributed by atoms with Crippen LogP contribution in [0.1, 0.15) is 150 Å². The van der Waals surface area contributed by atoms with Gasteiger partial charge in [-0.25, -0.2) is 9.59 Å². The number of aromatic carboxylic acids is 2. The highest BCUT2D eigenvalue weighted by atomic mass is 35.5. The quantitative estimate of drug-likeness (QED) is 0.144. The lowest BCUT2D eigenvalue weighted by Crippen LogP contribution is -2.55. The third-order valence-electron chi connectivity index (χ3n) is 14.9. The third kappa shape index (κ3) is 8.14. The minimum absolute atomic E-state index is 0.0406. The maximum absolute atomic E-state index is 13.6. The molecule has 0 saturated heterocycles. The van der Waals surface area contributed by atoms with Crippen molar-refractivity contribution in [2.24, 2.45) is 52.3 Å². The summed E-state index contributed by atoms with van der Waals surface area (Å²) in [5, 5.41) is 42.9. The molecule has 0 heterocycles. The van der Waals surface area contributed by atoms with Crippen molar-refractivity contribution in [3.63, 3.8) is 0 Å². The van der Waals surface area contributed by atoms with E-state index in [1.807, 2.05) is 0 Å². The average molecular weight is 797 g/mol. The number of fused-ring (bicyclic) bond motifs is 5. The number of nitrogens with one attached hydrogen (secondary N) is 1. The average Bonchev–Trinajstić information content (AvgIpc) is 3.48. The molecular formula is C45H59Cl2NO7. The summed E-state index contributed by atoms with van der Waals surface area (Å²) in [7, 11) is 0. The Morgan fingerprint density at radius 3 is 1.96 bits per heavy atom. The Bertz CT molecular complexity index is 1770. The molecule has 4 aliphatic carbocycles. The molecule has 0 unspecified atom stereocenters. The molecule has 0 radical (unpaired) electrons. The molecule has 6 rings (SSSR count). The number of phenols is 2. The second kappa shape index (κ2) is 16.3. The van der Waals surface area contributed by atoms with Gasteiger partial charge in [-0.2, -0.15) is 0 Å². The van der Waals surface area contributed by atoms with E-state index in [4.69, 9.17) is 23.2 Å². The molecule has 4 fully saturated rings. The van der Waals surface area contributed by atoms with Crippen LogP contribution in [0.15, 0.2) is 30.3 Å². The lowest BCUT2D eigenvalue weighted by atomic mass is 9.44. The van der Waals surface area contributed by atoms with Crippen LogP contribution in [0.4, 0.5) is 0 Å². The smallest absolute Gasteiger partial charge is 0.339 e. The summed E-state index contributed by atoms with van der Waals surface area (Å²) < 4.78 is 0. The molecule has 4 aliphatic rings. The van der Waals surface area contributed by atoms with Gasteiger partial charge in [-0.15, -0.1) is 0 Å². The normalized spacial score (nSPS) is 30.5. The van der Waals surface area contributed by atoms with Crippen LogP contribution >= 0.6 is 23.2 Å². The fourth-order valence-corrected chi connectivity index (χ4v) is 12.6. The number of hydrogen-bond acceptors (Lipinski definition) is 5. The number of rotatable bonds is 12. The van der Waals surface area contributed by atoms with E-state index in [1.165, 1.54) is 82.1 Å². The largest absolute Gasteiger partial charge is 0.505 e. The predicted molar refractivity (Wildman–Crippen MR) is 217 cm³/mol. The predicted octanol–water partition coefficient (Wildman–Crippen LogP) is 11.2. The van der Waals surface area contributed by atoms with E-state index in [0.717, 1.165) is 54.8 Å². The number of aromatic hydroxyl groups is 2. The first-order valence-corrected chi connectivity index (χ1v) is 21.2. The highest BCUT2D eigenvalue weighted by Crippen LogP contribution is 2.68. The Morgan fingerprint density at radius 1 is 0.800 bits per heavy atom. The maximum Gasteiger partial charge on any atom is 0.339 e. The number of amides is 1. The van der Waals surface area contributed by atoms with Crippen molar-refractivity contribution in [2.45, 2.75) is 124 Å². The Kier molecular flexibility index (Phi) is 12.3. The fraction of sp³-hybridized carbons (Fsp3) is 0.622. The molecule has 4 saturated carbocycles. The van der Waals surface area contributed by atoms with E-state index in [9.17, 15) is 34.8 Å². The van der Waals surface area contributed by atoms with Crippen molar-refractivity contribution < 1.29 is 34.8 Å². The fourth-order valence-electron chi connectivity index (χ4n) is 12.1. The van der Waals surface area contributed by atoms with Crippen molar-refractivity contribution in [2.75, 3.05) is 0 Å². The van der Waals surface area contributed by atoms with Gasteiger partial charge in [0.15, 0.2) is 0 Å². The van der Waals surface area contributed by atoms with Crippen molar-refractivity contribution in [3.8, 4) is 11.5 Å². The molecule has 0 bridgehead atoms. The van der Waals surface area contributed by atoms with Gasteiger partial charge in [-0.05, 0) is 151 Å². The minimum atomic E-state index is -1.41. The van der Waals surface area contributed by atoms with Crippen LogP contribution in [0.3, 0.4) is 0 Å². The molecule has 9 atom stereocenters. The monoisotopic (exact) mass is 795 g/mol. The number of halogens is 2. The van der Waals surface area contributed by atoms with Gasteiger partial charge in [0.05, 0.1) is 10.0 Å². The number of carboxylic acid groups (broad SMARTS) is 2. The van der Waals surface area contributed by atoms with Crippen LogP contribution in [0.5, 0.6) is 11.5 Å². The molecule has 2 aromatic rings. The molecule has 0 spiro atoms. The van der Waals surface area contributed by atoms with Crippen LogP contribution < -0.4 is 5.32 Å². The summed E-state index contributed by atoms with van der Waals surface area (Å²) in [6.07, 6.45) is 16.4. The molecule has 300 valence electrons. The lowest BCUT2D eigenvalue weighted by Gasteiger charge is -2.61. The molecule has 1 amide bonds. The zero-order valence-electron chi connectivity index (χ0n) is 33.0. The topological polar surface area (TPSA) is 144 Å². The van der Waals surface area contributed by atoms with Crippen LogP contribution in [-0.2, 0) is 4.79 Å². The Balaban J connectivity index is 1.15. The molecular weight excluding hydrogens is 737 g/mol. The SMILES string of the molecule is CC(C)CCC[C@@H](C)[C@H]1CC[C@H]2[C@@H]3CC[C@H]4C[C@@H](NC(=O)CC=C(c5cc(Cl)c(O)c(C(=O)O)c5)c5cc(Cl)c(O)c(C(=O)O)c5)CC[C@]4(C)[C@H]3CC[C@]12C. The van der Waals surface area contributed by atoms with E-state index in [0.29, 0.717) is 11.3 Å². The van der Waals surface area contributed by atoms with Crippen molar-refractivity contribution >= 4 is 46.6 Å². The van der Waals surface area contributed by atoms with Crippen LogP contribution in [0.25, 0.3) is 5.57 Å². The Hall–Kier alpha value is -3.23. The van der Waals surface area contributed by atoms with Gasteiger partial charge in [0.25, 0.3) is 0 Å². The van der Waals surface area contributed by atoms with Gasteiger partial charge < -0.3 is 25.7 Å². The molecule has 8 nitrogen and oxygen atoms in total. The molecule has 5 N–H and O–H groups in total. The summed E-state index contributed by atoms with van der Waals surface area (Å²) in [6, 6.07) is 5.15. The number of benzene rings is 2. The zero-order chi connectivity index (χ0) is 40.0. The van der Waals surface area contributed by atoms with Gasteiger partial charge in [0.2, 0.25) is 5.91 Å². The number of hydrogen-bond donors (Lipinski definition) is 5. The van der Waals surface area contributed by atoms with E-state index in [-0.39, 0.29) is 50.5 Å². The van der Waals surface area contributed by atoms with E-state index in [2.05, 4.69) is 39.9 Å². The Morgan fingerprint density at radius 2 is 1.38 bits per heavy atom. The van der Waals surface area contributed by atoms with Crippen molar-refractivity contribution in [3.05, 3.63) is 62.6 Å². The van der Waals surface area contributed by atoms with Gasteiger partial charge in [-0.3, -0.25) is 4.79 Å². The van der Waals surface area contributed by atoms with Crippen LogP contribution in [0, 0.1) is 52.3 Å². The second-order valence-corrected chi connectivity index (χ2v) is 19.2. The summed E-state index contributed by atoms with van der Waals surface area (Å²) >= 11 is 12.5. The van der Waals surface area contributed by atoms with Crippen molar-refractivity contribution in [1.29, 1.82) is 0 Å². The van der Waals surface area contributed by atoms with Gasteiger partial charge >= 0.3 is 11.9 Å². The van der Waals surface area contributed by atoms with E-state index < -0.39 is 34.6 Å². The zero-order valence-corrected chi connectivity index (χ0v) is 34.5. The maximum atomic E-state index is 13.6. The standard InChI is InChI=1S/C45H59Cl2NO7/c1-24(2)7-6-8-25(3)34-12-13-35-31-10-9-28-23-29(15-17-44(28,4)36(31)16-18-45(34,35)5)48-39(49)14-11-30(26-19-32(42(52)53)40(50)37(46)21-26)27-20-33(43(54)55)41(51)38(47)22-27/h11,19-22,24-25,28-29,31,34-36,50-51H,6-10,12-18,23H2,1-5H3,(H,48,49)(H,52,53)(H,54,55)/t25-,28+,29+,31+,34-,35+,36+,44+,45-/m1/s1. The first-order valence-electron chi connectivity index (χ1n) is 20.5. The van der Waals surface area contributed by atoms with E-state index >= 15 is 0 Å². The molecule has 2 aromatic carbocycles. The van der Waals surface area contributed by atoms with Crippen molar-refractivity contribution in [1.82, 2.24) is 5.32 Å². The minimum Gasteiger partial charge on any atom is -0.505 e. The molecule has 10 heteroatoms. The summed E-state index contributed by atoms with van der Waals surface area (Å²) in [5.41, 5.74) is 0.566. The molecule has 0 aromatic heterocycles. The number of carbonyl (C=O) groups excluding carboxylic acids is 1. The number of carbonyl (C=O) groups is 3. The Labute approximate surface area is 336 Å². The summed E-state index contributed by atoms with van der Waals surface area (Å²) in [6.45, 7) is 12.4. The molecule has 55 heavy (non-hydrogen) atoms. The summed E-state index contributed by atoms with van der Waals surface area (Å²) in [4.78, 5) is 37.5. The third-order valence-corrected chi connectivity index (χ3v) is 15.5. The summed E-state index contributed by atoms with van der Waals surface area (Å²) in [5.74, 6) is 1.07. The second-order valence-electron chi connectivity index (χ2n) is 18.4. The van der Waals surface area contributed by atoms with E-state index in [1.54, 1.807) is 6.08 Å². The van der Waals surface area contributed by atoms with Gasteiger partial charge in [0, 0.05) is 12.5 Å². The van der Waals surface area contributed by atoms with Crippen LogP contribution in [0.2, 0.25) is 10.0 Å². The van der Waals surface area contributed by atoms with Crippen LogP contribution in [-0.4, -0.2) is 44.3 Å². The highest BCUT2D eigenvalue weighted by molar-refractivity contribution is 6.33.